The smallest absolute Gasteiger partial charge is 0.258 e. The number of thiazole rings is 1. The van der Waals surface area contributed by atoms with Crippen LogP contribution in [0.2, 0.25) is 0 Å². The molecule has 1 saturated carbocycles. The predicted molar refractivity (Wildman–Crippen MR) is 108 cm³/mol. The monoisotopic (exact) mass is 376 g/mol. The number of carbonyl (C=O) groups is 2. The van der Waals surface area contributed by atoms with Crippen LogP contribution < -0.4 is 5.32 Å². The Morgan fingerprint density at radius 3 is 2.48 bits per heavy atom. The molecule has 1 fully saturated rings. The fourth-order valence-corrected chi connectivity index (χ4v) is 3.78. The molecular formula is C22H20N2O2S. The van der Waals surface area contributed by atoms with E-state index in [4.69, 9.17) is 0 Å². The van der Waals surface area contributed by atoms with E-state index in [1.54, 1.807) is 24.3 Å². The van der Waals surface area contributed by atoms with Crippen molar-refractivity contribution < 1.29 is 9.59 Å². The van der Waals surface area contributed by atoms with E-state index in [1.807, 2.05) is 37.4 Å². The topological polar surface area (TPSA) is 59.1 Å². The van der Waals surface area contributed by atoms with Gasteiger partial charge in [0.25, 0.3) is 5.91 Å². The molecule has 0 radical (unpaired) electrons. The first-order valence-electron chi connectivity index (χ1n) is 9.00. The number of aromatic nitrogens is 1. The molecule has 2 aromatic carbocycles. The minimum Gasteiger partial charge on any atom is -0.298 e. The summed E-state index contributed by atoms with van der Waals surface area (Å²) in [5.41, 5.74) is 4.59. The lowest BCUT2D eigenvalue weighted by molar-refractivity contribution is 0.0996. The quantitative estimate of drug-likeness (QED) is 0.629. The Morgan fingerprint density at radius 1 is 1.04 bits per heavy atom. The molecule has 4 rings (SSSR count). The Labute approximate surface area is 162 Å². The van der Waals surface area contributed by atoms with Crippen LogP contribution >= 0.6 is 11.3 Å². The molecule has 4 nitrogen and oxygen atoms in total. The molecule has 5 heteroatoms. The van der Waals surface area contributed by atoms with Crippen LogP contribution in [0.1, 0.15) is 61.9 Å². The van der Waals surface area contributed by atoms with Crippen LogP contribution in [0.25, 0.3) is 0 Å². The van der Waals surface area contributed by atoms with Crippen molar-refractivity contribution in [3.63, 3.8) is 0 Å². The standard InChI is InChI=1S/C22H20N2O2S/c1-13-7-8-16(11-14(13)2)20(25)17-5-3-4-6-18(17)21(26)24-22-23-19(12-27-22)15-9-10-15/h3-8,11-12,15H,9-10H2,1-2H3,(H,23,24,26). The maximum absolute atomic E-state index is 13.0. The van der Waals surface area contributed by atoms with E-state index in [2.05, 4.69) is 10.3 Å². The van der Waals surface area contributed by atoms with Crippen molar-refractivity contribution >= 4 is 28.2 Å². The zero-order chi connectivity index (χ0) is 19.0. The Hall–Kier alpha value is -2.79. The first kappa shape index (κ1) is 17.6. The predicted octanol–water partition coefficient (Wildman–Crippen LogP) is 5.12. The van der Waals surface area contributed by atoms with E-state index in [0.29, 0.717) is 27.7 Å². The Balaban J connectivity index is 1.60. The van der Waals surface area contributed by atoms with Crippen LogP contribution in [0.4, 0.5) is 5.13 Å². The third-order valence-corrected chi connectivity index (χ3v) is 5.70. The number of benzene rings is 2. The van der Waals surface area contributed by atoms with Gasteiger partial charge in [-0.25, -0.2) is 4.98 Å². The van der Waals surface area contributed by atoms with Crippen molar-refractivity contribution in [2.75, 3.05) is 5.32 Å². The lowest BCUT2D eigenvalue weighted by atomic mass is 9.96. The van der Waals surface area contributed by atoms with E-state index < -0.39 is 0 Å². The van der Waals surface area contributed by atoms with Gasteiger partial charge in [0.2, 0.25) is 0 Å². The van der Waals surface area contributed by atoms with Crippen LogP contribution in [0.15, 0.2) is 47.8 Å². The summed E-state index contributed by atoms with van der Waals surface area (Å²) in [5, 5.41) is 5.42. The summed E-state index contributed by atoms with van der Waals surface area (Å²) in [6.45, 7) is 3.99. The number of nitrogens with one attached hydrogen (secondary N) is 1. The summed E-state index contributed by atoms with van der Waals surface area (Å²) in [7, 11) is 0. The molecule has 0 spiro atoms. The maximum Gasteiger partial charge on any atom is 0.258 e. The highest BCUT2D eigenvalue weighted by atomic mass is 32.1. The van der Waals surface area contributed by atoms with Crippen molar-refractivity contribution in [3.8, 4) is 0 Å². The molecule has 1 aliphatic rings. The molecule has 1 heterocycles. The van der Waals surface area contributed by atoms with Crippen molar-refractivity contribution in [3.05, 3.63) is 81.4 Å². The number of nitrogens with zero attached hydrogens (tertiary/aromatic N) is 1. The lowest BCUT2D eigenvalue weighted by Crippen LogP contribution is -2.17. The van der Waals surface area contributed by atoms with Gasteiger partial charge in [0, 0.05) is 22.4 Å². The van der Waals surface area contributed by atoms with Crippen molar-refractivity contribution in [1.29, 1.82) is 0 Å². The molecule has 0 atom stereocenters. The highest BCUT2D eigenvalue weighted by molar-refractivity contribution is 7.14. The zero-order valence-electron chi connectivity index (χ0n) is 15.3. The summed E-state index contributed by atoms with van der Waals surface area (Å²) >= 11 is 1.43. The highest BCUT2D eigenvalue weighted by Crippen LogP contribution is 2.40. The first-order valence-corrected chi connectivity index (χ1v) is 9.88. The van der Waals surface area contributed by atoms with Gasteiger partial charge >= 0.3 is 0 Å². The summed E-state index contributed by atoms with van der Waals surface area (Å²) in [6, 6.07) is 12.5. The number of ketones is 1. The summed E-state index contributed by atoms with van der Waals surface area (Å²) in [6.07, 6.45) is 2.34. The Morgan fingerprint density at radius 2 is 1.78 bits per heavy atom. The molecule has 27 heavy (non-hydrogen) atoms. The molecule has 1 N–H and O–H groups in total. The van der Waals surface area contributed by atoms with Gasteiger partial charge in [-0.1, -0.05) is 30.3 Å². The number of hydrogen-bond acceptors (Lipinski definition) is 4. The van der Waals surface area contributed by atoms with Gasteiger partial charge in [-0.2, -0.15) is 0 Å². The van der Waals surface area contributed by atoms with Gasteiger partial charge in [0.15, 0.2) is 10.9 Å². The number of amides is 1. The fourth-order valence-electron chi connectivity index (χ4n) is 2.99. The minimum absolute atomic E-state index is 0.151. The number of hydrogen-bond donors (Lipinski definition) is 1. The second-order valence-corrected chi connectivity index (χ2v) is 7.84. The molecule has 1 aromatic heterocycles. The second-order valence-electron chi connectivity index (χ2n) is 6.98. The number of anilines is 1. The average molecular weight is 376 g/mol. The van der Waals surface area contributed by atoms with Crippen molar-refractivity contribution in [1.82, 2.24) is 4.98 Å². The van der Waals surface area contributed by atoms with Gasteiger partial charge in [-0.3, -0.25) is 14.9 Å². The van der Waals surface area contributed by atoms with Crippen LogP contribution in [0.5, 0.6) is 0 Å². The number of aryl methyl sites for hydroxylation is 2. The first-order chi connectivity index (χ1) is 13.0. The van der Waals surface area contributed by atoms with Gasteiger partial charge in [-0.05, 0) is 49.9 Å². The second kappa shape index (κ2) is 7.08. The van der Waals surface area contributed by atoms with E-state index in [0.717, 1.165) is 16.8 Å². The highest BCUT2D eigenvalue weighted by Gasteiger charge is 2.26. The molecular weight excluding hydrogens is 356 g/mol. The van der Waals surface area contributed by atoms with Crippen LogP contribution in [-0.4, -0.2) is 16.7 Å². The zero-order valence-corrected chi connectivity index (χ0v) is 16.1. The Bertz CT molecular complexity index is 1030. The van der Waals surface area contributed by atoms with Gasteiger partial charge in [0.1, 0.15) is 0 Å². The van der Waals surface area contributed by atoms with E-state index >= 15 is 0 Å². The normalized spacial score (nSPS) is 13.4. The Kier molecular flexibility index (Phi) is 4.62. The number of rotatable bonds is 5. The molecule has 136 valence electrons. The molecule has 0 unspecified atom stereocenters. The van der Waals surface area contributed by atoms with Gasteiger partial charge in [0.05, 0.1) is 11.3 Å². The lowest BCUT2D eigenvalue weighted by Gasteiger charge is -2.09. The molecule has 0 aliphatic heterocycles. The third kappa shape index (κ3) is 3.69. The fraction of sp³-hybridized carbons (Fsp3) is 0.227. The van der Waals surface area contributed by atoms with Gasteiger partial charge in [-0.15, -0.1) is 11.3 Å². The third-order valence-electron chi connectivity index (χ3n) is 4.92. The largest absolute Gasteiger partial charge is 0.298 e. The van der Waals surface area contributed by atoms with E-state index in [-0.39, 0.29) is 11.7 Å². The summed E-state index contributed by atoms with van der Waals surface area (Å²) in [5.74, 6) is 0.0895. The van der Waals surface area contributed by atoms with Gasteiger partial charge < -0.3 is 0 Å². The molecule has 0 saturated heterocycles. The van der Waals surface area contributed by atoms with E-state index in [9.17, 15) is 9.59 Å². The van der Waals surface area contributed by atoms with Crippen LogP contribution in [0, 0.1) is 13.8 Å². The van der Waals surface area contributed by atoms with Crippen molar-refractivity contribution in [2.45, 2.75) is 32.6 Å². The minimum atomic E-state index is -0.306. The van der Waals surface area contributed by atoms with Crippen LogP contribution in [0.3, 0.4) is 0 Å². The average Bonchev–Trinajstić information content (AvgIpc) is 3.43. The SMILES string of the molecule is Cc1ccc(C(=O)c2ccccc2C(=O)Nc2nc(C3CC3)cs2)cc1C. The van der Waals surface area contributed by atoms with Crippen molar-refractivity contribution in [2.24, 2.45) is 0 Å². The van der Waals surface area contributed by atoms with Crippen LogP contribution in [-0.2, 0) is 0 Å². The summed E-state index contributed by atoms with van der Waals surface area (Å²) < 4.78 is 0. The summed E-state index contributed by atoms with van der Waals surface area (Å²) in [4.78, 5) is 30.3. The maximum atomic E-state index is 13.0. The number of carbonyl (C=O) groups excluding carboxylic acids is 2. The molecule has 1 amide bonds. The molecule has 1 aliphatic carbocycles. The molecule has 3 aromatic rings. The van der Waals surface area contributed by atoms with E-state index in [1.165, 1.54) is 24.2 Å². The molecule has 0 bridgehead atoms.